The van der Waals surface area contributed by atoms with E-state index in [1.807, 2.05) is 36.4 Å². The van der Waals surface area contributed by atoms with Crippen LogP contribution in [0.3, 0.4) is 0 Å². The smallest absolute Gasteiger partial charge is 0.347 e. The van der Waals surface area contributed by atoms with Gasteiger partial charge in [-0.15, -0.1) is 0 Å². The normalized spacial score (nSPS) is 18.6. The second-order valence-electron chi connectivity index (χ2n) is 9.93. The lowest BCUT2D eigenvalue weighted by molar-refractivity contribution is -0.150. The first kappa shape index (κ1) is 27.1. The zero-order valence-electron chi connectivity index (χ0n) is 22.0. The molecule has 0 bridgehead atoms. The van der Waals surface area contributed by atoms with Gasteiger partial charge in [-0.3, -0.25) is 0 Å². The molecule has 2 aromatic carbocycles. The van der Waals surface area contributed by atoms with Crippen molar-refractivity contribution in [2.24, 2.45) is 11.8 Å². The first-order valence-electron chi connectivity index (χ1n) is 13.8. The molecule has 4 nitrogen and oxygen atoms in total. The average Bonchev–Trinajstić information content (AvgIpc) is 2.88. The van der Waals surface area contributed by atoms with E-state index in [0.717, 1.165) is 41.7 Å². The zero-order chi connectivity index (χ0) is 24.9. The fourth-order valence-electron chi connectivity index (χ4n) is 5.04. The van der Waals surface area contributed by atoms with E-state index in [4.69, 9.17) is 14.2 Å². The van der Waals surface area contributed by atoms with Crippen LogP contribution < -0.4 is 9.47 Å². The number of carbonyl (C=O) groups excluding carboxylic acids is 1. The number of rotatable bonds is 14. The van der Waals surface area contributed by atoms with Crippen LogP contribution in [-0.4, -0.2) is 25.3 Å². The van der Waals surface area contributed by atoms with Crippen LogP contribution in [0.2, 0.25) is 0 Å². The summed E-state index contributed by atoms with van der Waals surface area (Å²) in [6.45, 7) is 6.92. The summed E-state index contributed by atoms with van der Waals surface area (Å²) in [4.78, 5) is 11.7. The lowest BCUT2D eigenvalue weighted by Gasteiger charge is -2.28. The summed E-state index contributed by atoms with van der Waals surface area (Å²) in [5.74, 6) is 3.12. The third kappa shape index (κ3) is 9.23. The summed E-state index contributed by atoms with van der Waals surface area (Å²) in [5.41, 5.74) is 2.22. The molecule has 1 fully saturated rings. The molecule has 0 aromatic heterocycles. The fraction of sp³-hybridized carbons (Fsp3) is 0.581. The molecule has 0 spiro atoms. The van der Waals surface area contributed by atoms with Crippen LogP contribution in [0, 0.1) is 11.8 Å². The molecule has 4 heteroatoms. The van der Waals surface area contributed by atoms with Crippen LogP contribution in [0.5, 0.6) is 11.5 Å². The van der Waals surface area contributed by atoms with Crippen molar-refractivity contribution in [2.45, 2.75) is 91.1 Å². The minimum Gasteiger partial charge on any atom is -0.494 e. The van der Waals surface area contributed by atoms with E-state index in [0.29, 0.717) is 12.4 Å². The molecule has 0 amide bonds. The van der Waals surface area contributed by atoms with Gasteiger partial charge in [0.25, 0.3) is 0 Å². The van der Waals surface area contributed by atoms with E-state index < -0.39 is 6.10 Å². The van der Waals surface area contributed by atoms with Crippen molar-refractivity contribution >= 4 is 5.97 Å². The predicted octanol–water partition coefficient (Wildman–Crippen LogP) is 8.23. The highest BCUT2D eigenvalue weighted by Crippen LogP contribution is 2.34. The van der Waals surface area contributed by atoms with Crippen LogP contribution in [0.1, 0.15) is 85.0 Å². The van der Waals surface area contributed by atoms with Crippen LogP contribution in [-0.2, 0) is 9.53 Å². The molecule has 0 aliphatic heterocycles. The number of hydrogen-bond donors (Lipinski definition) is 0. The van der Waals surface area contributed by atoms with Crippen molar-refractivity contribution < 1.29 is 19.0 Å². The number of unbranched alkanes of at least 4 members (excludes halogenated alkanes) is 2. The number of benzene rings is 2. The van der Waals surface area contributed by atoms with Crippen molar-refractivity contribution in [3.63, 3.8) is 0 Å². The summed E-state index contributed by atoms with van der Waals surface area (Å²) in [6, 6.07) is 16.0. The standard InChI is InChI=1S/C31H44O4/c1-4-6-7-9-25-11-13-26(14-12-25)10-8-23-34-29-19-15-27(16-20-29)28-17-21-30(22-18-28)35-24(3)31(32)33-5-2/h15-22,24-26H,4-14,23H2,1-3H3/t24-,25-,26-/m1/s1. The Morgan fingerprint density at radius 1 is 0.800 bits per heavy atom. The molecule has 0 heterocycles. The van der Waals surface area contributed by atoms with Crippen LogP contribution in [0.4, 0.5) is 0 Å². The second-order valence-corrected chi connectivity index (χ2v) is 9.93. The molecule has 0 N–H and O–H groups in total. The number of hydrogen-bond acceptors (Lipinski definition) is 4. The van der Waals surface area contributed by atoms with E-state index in [-0.39, 0.29) is 5.97 Å². The summed E-state index contributed by atoms with van der Waals surface area (Å²) in [6.07, 6.45) is 13.1. The molecule has 0 saturated heterocycles. The Labute approximate surface area is 212 Å². The highest BCUT2D eigenvalue weighted by atomic mass is 16.6. The first-order valence-corrected chi connectivity index (χ1v) is 13.8. The van der Waals surface area contributed by atoms with Crippen molar-refractivity contribution in [3.8, 4) is 22.6 Å². The summed E-state index contributed by atoms with van der Waals surface area (Å²) in [7, 11) is 0. The molecule has 1 saturated carbocycles. The van der Waals surface area contributed by atoms with Crippen LogP contribution in [0.25, 0.3) is 11.1 Å². The van der Waals surface area contributed by atoms with E-state index in [2.05, 4.69) is 19.1 Å². The van der Waals surface area contributed by atoms with Crippen molar-refractivity contribution in [1.29, 1.82) is 0 Å². The average molecular weight is 481 g/mol. The molecule has 35 heavy (non-hydrogen) atoms. The minimum absolute atomic E-state index is 0.350. The Bertz CT molecular complexity index is 851. The van der Waals surface area contributed by atoms with Gasteiger partial charge in [0.05, 0.1) is 13.2 Å². The topological polar surface area (TPSA) is 44.8 Å². The maximum absolute atomic E-state index is 11.7. The van der Waals surface area contributed by atoms with Crippen molar-refractivity contribution in [3.05, 3.63) is 48.5 Å². The molecule has 2 aromatic rings. The van der Waals surface area contributed by atoms with E-state index >= 15 is 0 Å². The summed E-state index contributed by atoms with van der Waals surface area (Å²) < 4.78 is 16.7. The Kier molecular flexibility index (Phi) is 11.5. The Morgan fingerprint density at radius 2 is 1.34 bits per heavy atom. The number of esters is 1. The molecule has 1 aliphatic rings. The lowest BCUT2D eigenvalue weighted by Crippen LogP contribution is -2.25. The SMILES string of the molecule is CCCCC[C@H]1CC[C@H](CCCOc2ccc(-c3ccc(O[C@H](C)C(=O)OCC)cc3)cc2)CC1. The predicted molar refractivity (Wildman–Crippen MR) is 143 cm³/mol. The van der Waals surface area contributed by atoms with Gasteiger partial charge in [-0.05, 0) is 73.9 Å². The van der Waals surface area contributed by atoms with Crippen molar-refractivity contribution in [2.75, 3.05) is 13.2 Å². The Morgan fingerprint density at radius 3 is 1.89 bits per heavy atom. The van der Waals surface area contributed by atoms with E-state index in [1.54, 1.807) is 13.8 Å². The molecular formula is C31H44O4. The first-order chi connectivity index (χ1) is 17.1. The van der Waals surface area contributed by atoms with Gasteiger partial charge in [0.1, 0.15) is 11.5 Å². The largest absolute Gasteiger partial charge is 0.494 e. The summed E-state index contributed by atoms with van der Waals surface area (Å²) >= 11 is 0. The van der Waals surface area contributed by atoms with Crippen LogP contribution in [0.15, 0.2) is 48.5 Å². The fourth-order valence-corrected chi connectivity index (χ4v) is 5.04. The molecule has 1 aliphatic carbocycles. The number of carbonyl (C=O) groups is 1. The molecule has 1 atom stereocenters. The van der Waals surface area contributed by atoms with Gasteiger partial charge in [0.15, 0.2) is 6.10 Å². The van der Waals surface area contributed by atoms with E-state index in [1.165, 1.54) is 57.8 Å². The highest BCUT2D eigenvalue weighted by Gasteiger charge is 2.20. The van der Waals surface area contributed by atoms with Crippen LogP contribution >= 0.6 is 0 Å². The molecule has 0 unspecified atom stereocenters. The monoisotopic (exact) mass is 480 g/mol. The van der Waals surface area contributed by atoms with Gasteiger partial charge in [-0.2, -0.15) is 0 Å². The highest BCUT2D eigenvalue weighted by molar-refractivity contribution is 5.74. The third-order valence-corrected chi connectivity index (χ3v) is 7.18. The quantitative estimate of drug-likeness (QED) is 0.202. The number of ether oxygens (including phenoxy) is 3. The Balaban J connectivity index is 1.35. The summed E-state index contributed by atoms with van der Waals surface area (Å²) in [5, 5.41) is 0. The zero-order valence-corrected chi connectivity index (χ0v) is 22.0. The Hall–Kier alpha value is -2.49. The minimum atomic E-state index is -0.622. The van der Waals surface area contributed by atoms with Gasteiger partial charge in [0, 0.05) is 0 Å². The maximum atomic E-state index is 11.7. The maximum Gasteiger partial charge on any atom is 0.347 e. The van der Waals surface area contributed by atoms with Gasteiger partial charge >= 0.3 is 5.97 Å². The second kappa shape index (κ2) is 14.8. The van der Waals surface area contributed by atoms with Gasteiger partial charge in [-0.25, -0.2) is 4.79 Å². The van der Waals surface area contributed by atoms with Gasteiger partial charge in [-0.1, -0.05) is 82.6 Å². The van der Waals surface area contributed by atoms with Gasteiger partial charge < -0.3 is 14.2 Å². The molecule has 0 radical (unpaired) electrons. The molecule has 3 rings (SSSR count). The molecule has 192 valence electrons. The van der Waals surface area contributed by atoms with E-state index in [9.17, 15) is 4.79 Å². The van der Waals surface area contributed by atoms with Crippen molar-refractivity contribution in [1.82, 2.24) is 0 Å². The lowest BCUT2D eigenvalue weighted by atomic mass is 9.78. The molecular weight excluding hydrogens is 436 g/mol. The third-order valence-electron chi connectivity index (χ3n) is 7.18. The van der Waals surface area contributed by atoms with Gasteiger partial charge in [0.2, 0.25) is 0 Å².